The first-order chi connectivity index (χ1) is 14.2. The van der Waals surface area contributed by atoms with Crippen molar-refractivity contribution in [2.24, 2.45) is 4.99 Å². The largest absolute Gasteiger partial charge is 0.459 e. The van der Waals surface area contributed by atoms with Gasteiger partial charge in [-0.05, 0) is 49.2 Å². The average molecular weight is 424 g/mol. The van der Waals surface area contributed by atoms with Crippen LogP contribution in [0.25, 0.3) is 11.3 Å². The van der Waals surface area contributed by atoms with E-state index in [0.717, 1.165) is 50.7 Å². The molecule has 4 heterocycles. The number of aryl methyl sites for hydroxylation is 1. The number of pyridine rings is 1. The number of benzene rings is 1. The van der Waals surface area contributed by atoms with Gasteiger partial charge in [0.1, 0.15) is 23.6 Å². The van der Waals surface area contributed by atoms with Gasteiger partial charge in [-0.25, -0.2) is 4.99 Å². The van der Waals surface area contributed by atoms with Crippen LogP contribution < -0.4 is 0 Å². The van der Waals surface area contributed by atoms with Crippen LogP contribution in [-0.2, 0) is 0 Å². The molecule has 2 aliphatic rings. The summed E-state index contributed by atoms with van der Waals surface area (Å²) < 4.78 is 6.39. The molecule has 29 heavy (non-hydrogen) atoms. The van der Waals surface area contributed by atoms with E-state index in [0.29, 0.717) is 6.04 Å². The zero-order valence-corrected chi connectivity index (χ0v) is 18.0. The van der Waals surface area contributed by atoms with E-state index in [-0.39, 0.29) is 12.1 Å². The molecular weight excluding hydrogens is 402 g/mol. The maximum Gasteiger partial charge on any atom is 0.161 e. The second kappa shape index (κ2) is 7.54. The number of aliphatic imine (C=N–C) groups is 1. The minimum absolute atomic E-state index is 0.0227. The number of fused-ring (bicyclic) bond motifs is 1. The van der Waals surface area contributed by atoms with Gasteiger partial charge in [0.05, 0.1) is 5.69 Å². The number of aromatic nitrogens is 1. The quantitative estimate of drug-likeness (QED) is 0.495. The van der Waals surface area contributed by atoms with Crippen molar-refractivity contribution in [3.8, 4) is 11.3 Å². The van der Waals surface area contributed by atoms with Gasteiger partial charge < -0.3 is 9.32 Å². The number of amidine groups is 1. The van der Waals surface area contributed by atoms with Crippen LogP contribution in [0.1, 0.15) is 42.4 Å². The van der Waals surface area contributed by atoms with Gasteiger partial charge in [-0.2, -0.15) is 0 Å². The maximum atomic E-state index is 6.39. The van der Waals surface area contributed by atoms with Crippen LogP contribution in [0.5, 0.6) is 0 Å². The van der Waals surface area contributed by atoms with E-state index in [1.54, 1.807) is 0 Å². The lowest BCUT2D eigenvalue weighted by molar-refractivity contribution is 0.226. The van der Waals surface area contributed by atoms with Crippen molar-refractivity contribution in [2.45, 2.75) is 38.4 Å². The van der Waals surface area contributed by atoms with Crippen LogP contribution in [-0.4, -0.2) is 26.8 Å². The fourth-order valence-corrected chi connectivity index (χ4v) is 5.59. The number of thioether (sulfide) groups is 1. The van der Waals surface area contributed by atoms with Gasteiger partial charge in [-0.1, -0.05) is 48.5 Å². The normalized spacial score (nSPS) is 23.3. The third kappa shape index (κ3) is 3.26. The molecule has 1 aromatic carbocycles. The van der Waals surface area contributed by atoms with Crippen LogP contribution in [0.15, 0.2) is 64.1 Å². The first-order valence-electron chi connectivity index (χ1n) is 9.92. The zero-order valence-electron chi connectivity index (χ0n) is 16.4. The summed E-state index contributed by atoms with van der Waals surface area (Å²) in [5.74, 6) is 2.82. The molecule has 5 rings (SSSR count). The predicted molar refractivity (Wildman–Crippen MR) is 119 cm³/mol. The molecule has 0 unspecified atom stereocenters. The first kappa shape index (κ1) is 18.8. The molecule has 148 valence electrons. The van der Waals surface area contributed by atoms with Gasteiger partial charge >= 0.3 is 0 Å². The van der Waals surface area contributed by atoms with E-state index in [1.807, 2.05) is 55.2 Å². The van der Waals surface area contributed by atoms with Gasteiger partial charge in [-0.15, -0.1) is 0 Å². The molecule has 3 atom stereocenters. The maximum absolute atomic E-state index is 6.39. The molecule has 0 saturated carbocycles. The summed E-state index contributed by atoms with van der Waals surface area (Å²) in [5.41, 5.74) is 3.03. The average Bonchev–Trinajstić information content (AvgIpc) is 3.45. The lowest BCUT2D eigenvalue weighted by Gasteiger charge is -2.30. The van der Waals surface area contributed by atoms with Gasteiger partial charge in [0, 0.05) is 28.6 Å². The van der Waals surface area contributed by atoms with E-state index < -0.39 is 0 Å². The van der Waals surface area contributed by atoms with E-state index in [9.17, 15) is 0 Å². The number of hydrogen-bond donors (Lipinski definition) is 0. The van der Waals surface area contributed by atoms with Crippen molar-refractivity contribution < 1.29 is 4.42 Å². The highest BCUT2D eigenvalue weighted by Crippen LogP contribution is 2.49. The molecule has 0 N–H and O–H groups in total. The summed E-state index contributed by atoms with van der Waals surface area (Å²) in [4.78, 5) is 12.1. The van der Waals surface area contributed by atoms with Crippen LogP contribution in [0.2, 0.25) is 5.02 Å². The molecule has 1 fully saturated rings. The molecular formula is C23H22ClN3OS. The summed E-state index contributed by atoms with van der Waals surface area (Å²) in [5, 5.41) is 1.86. The predicted octanol–water partition coefficient (Wildman–Crippen LogP) is 6.28. The molecule has 2 aromatic heterocycles. The monoisotopic (exact) mass is 423 g/mol. The molecule has 0 bridgehead atoms. The molecule has 6 heteroatoms. The van der Waals surface area contributed by atoms with Crippen LogP contribution >= 0.6 is 23.4 Å². The minimum Gasteiger partial charge on any atom is -0.459 e. The van der Waals surface area contributed by atoms with Gasteiger partial charge in [0.15, 0.2) is 5.17 Å². The Labute approximate surface area is 180 Å². The Kier molecular flexibility index (Phi) is 4.88. The number of halogens is 1. The molecule has 2 aliphatic heterocycles. The second-order valence-electron chi connectivity index (χ2n) is 7.50. The van der Waals surface area contributed by atoms with Crippen molar-refractivity contribution in [1.29, 1.82) is 0 Å². The number of hydrogen-bond acceptors (Lipinski definition) is 5. The van der Waals surface area contributed by atoms with E-state index in [2.05, 4.69) is 35.0 Å². The third-order valence-corrected chi connectivity index (χ3v) is 7.24. The van der Waals surface area contributed by atoms with Gasteiger partial charge in [0.2, 0.25) is 0 Å². The Morgan fingerprint density at radius 3 is 2.86 bits per heavy atom. The second-order valence-corrected chi connectivity index (χ2v) is 8.90. The van der Waals surface area contributed by atoms with E-state index in [4.69, 9.17) is 21.0 Å². The lowest BCUT2D eigenvalue weighted by atomic mass is 10.0. The minimum atomic E-state index is -0.0614. The number of nitrogens with zero attached hydrogens (tertiary/aromatic N) is 3. The zero-order chi connectivity index (χ0) is 20.0. The fourth-order valence-electron chi connectivity index (χ4n) is 4.07. The highest BCUT2D eigenvalue weighted by Gasteiger charge is 2.46. The summed E-state index contributed by atoms with van der Waals surface area (Å²) in [6, 6.07) is 16.6. The molecule has 0 radical (unpaired) electrons. The Morgan fingerprint density at radius 2 is 2.10 bits per heavy atom. The number of furan rings is 1. The summed E-state index contributed by atoms with van der Waals surface area (Å²) in [6.07, 6.45) is 2.92. The van der Waals surface area contributed by atoms with E-state index >= 15 is 0 Å². The topological polar surface area (TPSA) is 41.6 Å². The van der Waals surface area contributed by atoms with E-state index in [1.165, 1.54) is 0 Å². The van der Waals surface area contributed by atoms with Crippen LogP contribution in [0.3, 0.4) is 0 Å². The fraction of sp³-hybridized carbons (Fsp3) is 0.304. The molecule has 0 amide bonds. The third-order valence-electron chi connectivity index (χ3n) is 5.70. The van der Waals surface area contributed by atoms with Gasteiger partial charge in [0.25, 0.3) is 0 Å². The lowest BCUT2D eigenvalue weighted by Crippen LogP contribution is -2.35. The summed E-state index contributed by atoms with van der Waals surface area (Å²) in [6.45, 7) is 4.24. The highest BCUT2D eigenvalue weighted by atomic mass is 35.5. The van der Waals surface area contributed by atoms with Crippen LogP contribution in [0, 0.1) is 6.92 Å². The standard InChI is InChI=1S/C23H22ClN3OS/c1-3-16-13-29-23-26-21(18-6-4-5-11-25-18)22(27(16)23)20-10-9-19(28-20)15-8-7-14(2)17(24)12-15/h4-12,16,21-22H,3,13H2,1-2H3/t16-,21+,22+/m0/s1. The van der Waals surface area contributed by atoms with Crippen molar-refractivity contribution in [1.82, 2.24) is 9.88 Å². The van der Waals surface area contributed by atoms with Crippen molar-refractivity contribution >= 4 is 28.5 Å². The van der Waals surface area contributed by atoms with Crippen LogP contribution in [0.4, 0.5) is 0 Å². The van der Waals surface area contributed by atoms with Gasteiger partial charge in [-0.3, -0.25) is 4.98 Å². The summed E-state index contributed by atoms with van der Waals surface area (Å²) >= 11 is 8.17. The molecule has 0 aliphatic carbocycles. The van der Waals surface area contributed by atoms with Crippen molar-refractivity contribution in [3.05, 3.63) is 76.8 Å². The Balaban J connectivity index is 1.55. The number of rotatable bonds is 4. The smallest absolute Gasteiger partial charge is 0.161 e. The summed E-state index contributed by atoms with van der Waals surface area (Å²) in [7, 11) is 0. The highest BCUT2D eigenvalue weighted by molar-refractivity contribution is 8.14. The SMILES string of the molecule is CC[C@H]1CSC2=N[C@H](c3ccccn3)[C@@H](c3ccc(-c4ccc(C)c(Cl)c4)o3)N21. The first-order valence-corrected chi connectivity index (χ1v) is 11.3. The Bertz CT molecular complexity index is 1060. The molecule has 3 aromatic rings. The Hall–Kier alpha value is -2.24. The molecule has 4 nitrogen and oxygen atoms in total. The Morgan fingerprint density at radius 1 is 1.21 bits per heavy atom. The molecule has 0 spiro atoms. The molecule has 1 saturated heterocycles. The van der Waals surface area contributed by atoms with Crippen molar-refractivity contribution in [2.75, 3.05) is 5.75 Å². The van der Waals surface area contributed by atoms with Crippen molar-refractivity contribution in [3.63, 3.8) is 0 Å².